The summed E-state index contributed by atoms with van der Waals surface area (Å²) in [5, 5.41) is 0. The van der Waals surface area contributed by atoms with Crippen LogP contribution in [0.2, 0.25) is 0 Å². The zero-order valence-electron chi connectivity index (χ0n) is 5.99. The molecule has 0 aromatic heterocycles. The van der Waals surface area contributed by atoms with Gasteiger partial charge < -0.3 is 5.43 Å². The fourth-order valence-corrected chi connectivity index (χ4v) is 0.102. The molecular weight excluding hydrogens is 100 g/mol. The van der Waals surface area contributed by atoms with E-state index in [9.17, 15) is 0 Å². The van der Waals surface area contributed by atoms with E-state index in [1.165, 1.54) is 0 Å². The largest absolute Gasteiger partial charge is 0.329 e. The Kier molecular flexibility index (Phi) is 12.7. The van der Waals surface area contributed by atoms with Crippen molar-refractivity contribution in [2.45, 2.75) is 27.2 Å². The molecule has 0 spiro atoms. The molecule has 0 heterocycles. The van der Waals surface area contributed by atoms with Gasteiger partial charge in [0.2, 0.25) is 0 Å². The van der Waals surface area contributed by atoms with Crippen molar-refractivity contribution in [1.29, 1.82) is 0 Å². The summed E-state index contributed by atoms with van der Waals surface area (Å²) in [6.07, 6.45) is 0.899. The molecule has 8 heavy (non-hydrogen) atoms. The summed E-state index contributed by atoms with van der Waals surface area (Å²) >= 11 is 0. The fraction of sp³-hybridized carbons (Fsp3) is 0.667. The third-order valence-corrected chi connectivity index (χ3v) is 0.631. The summed E-state index contributed by atoms with van der Waals surface area (Å²) in [6, 6.07) is 0. The third-order valence-electron chi connectivity index (χ3n) is 0.631. The number of nitrogens with one attached hydrogen (secondary N) is 1. The molecule has 0 aromatic carbocycles. The van der Waals surface area contributed by atoms with E-state index in [-0.39, 0.29) is 0 Å². The molecule has 3 N–H and O–H groups in total. The van der Waals surface area contributed by atoms with Crippen LogP contribution in [0.15, 0.2) is 12.3 Å². The van der Waals surface area contributed by atoms with E-state index in [0.29, 0.717) is 0 Å². The van der Waals surface area contributed by atoms with Crippen LogP contribution in [-0.4, -0.2) is 0 Å². The fourth-order valence-electron chi connectivity index (χ4n) is 0.102. The first kappa shape index (κ1) is 10.5. The first-order valence-corrected chi connectivity index (χ1v) is 2.95. The van der Waals surface area contributed by atoms with Crippen LogP contribution in [0.5, 0.6) is 0 Å². The molecule has 0 aliphatic heterocycles. The molecule has 50 valence electrons. The zero-order chi connectivity index (χ0) is 6.99. The topological polar surface area (TPSA) is 38.0 Å². The van der Waals surface area contributed by atoms with Crippen LogP contribution >= 0.6 is 0 Å². The highest BCUT2D eigenvalue weighted by Crippen LogP contribution is 1.83. The Morgan fingerprint density at radius 2 is 2.00 bits per heavy atom. The number of allylic oxidation sites excluding steroid dienone is 1. The first-order chi connectivity index (χ1) is 3.81. The van der Waals surface area contributed by atoms with Gasteiger partial charge in [-0.1, -0.05) is 27.4 Å². The number of hydrazine groups is 1. The van der Waals surface area contributed by atoms with E-state index >= 15 is 0 Å². The van der Waals surface area contributed by atoms with Crippen molar-refractivity contribution >= 4 is 0 Å². The molecule has 0 rings (SSSR count). The average Bonchev–Trinajstić information content (AvgIpc) is 1.91. The minimum atomic E-state index is 0.870. The zero-order valence-corrected chi connectivity index (χ0v) is 5.99. The minimum absolute atomic E-state index is 0.870. The lowest BCUT2D eigenvalue weighted by atomic mass is 10.4. The molecule has 0 saturated carbocycles. The monoisotopic (exact) mass is 116 g/mol. The van der Waals surface area contributed by atoms with Gasteiger partial charge in [-0.05, 0) is 6.42 Å². The highest BCUT2D eigenvalue weighted by Gasteiger charge is 1.75. The lowest BCUT2D eigenvalue weighted by Gasteiger charge is -1.94. The van der Waals surface area contributed by atoms with Gasteiger partial charge in [0.25, 0.3) is 0 Å². The van der Waals surface area contributed by atoms with Crippen molar-refractivity contribution in [2.24, 2.45) is 5.84 Å². The minimum Gasteiger partial charge on any atom is -0.329 e. The van der Waals surface area contributed by atoms with Crippen LogP contribution in [0.3, 0.4) is 0 Å². The molecule has 0 radical (unpaired) electrons. The summed E-state index contributed by atoms with van der Waals surface area (Å²) in [5.41, 5.74) is 3.29. The number of hydrogen-bond acceptors (Lipinski definition) is 2. The maximum Gasteiger partial charge on any atom is 0.0184 e. The smallest absolute Gasteiger partial charge is 0.0184 e. The second-order valence-electron chi connectivity index (χ2n) is 1.10. The SMILES string of the molecule is C=C(CC)NN.CC. The highest BCUT2D eigenvalue weighted by molar-refractivity contribution is 4.85. The molecule has 0 bridgehead atoms. The van der Waals surface area contributed by atoms with Crippen LogP contribution in [0.4, 0.5) is 0 Å². The van der Waals surface area contributed by atoms with E-state index in [1.807, 2.05) is 20.8 Å². The molecule has 2 nitrogen and oxygen atoms in total. The van der Waals surface area contributed by atoms with E-state index in [1.54, 1.807) is 0 Å². The van der Waals surface area contributed by atoms with Gasteiger partial charge in [0.1, 0.15) is 0 Å². The van der Waals surface area contributed by atoms with E-state index in [4.69, 9.17) is 5.84 Å². The van der Waals surface area contributed by atoms with Gasteiger partial charge in [-0.2, -0.15) is 0 Å². The van der Waals surface area contributed by atoms with Crippen molar-refractivity contribution in [3.05, 3.63) is 12.3 Å². The molecule has 0 unspecified atom stereocenters. The molecule has 0 atom stereocenters. The number of hydrogen-bond donors (Lipinski definition) is 2. The van der Waals surface area contributed by atoms with Crippen LogP contribution in [0.1, 0.15) is 27.2 Å². The third kappa shape index (κ3) is 9.09. The Bertz CT molecular complexity index is 44.5. The van der Waals surface area contributed by atoms with Gasteiger partial charge in [0.15, 0.2) is 0 Å². The summed E-state index contributed by atoms with van der Waals surface area (Å²) in [7, 11) is 0. The normalized spacial score (nSPS) is 6.50. The van der Waals surface area contributed by atoms with Gasteiger partial charge in [0, 0.05) is 5.70 Å². The lowest BCUT2D eigenvalue weighted by molar-refractivity contribution is 0.833. The van der Waals surface area contributed by atoms with Gasteiger partial charge >= 0.3 is 0 Å². The van der Waals surface area contributed by atoms with Gasteiger partial charge in [0.05, 0.1) is 0 Å². The lowest BCUT2D eigenvalue weighted by Crippen LogP contribution is -2.19. The van der Waals surface area contributed by atoms with E-state index in [0.717, 1.165) is 12.1 Å². The average molecular weight is 116 g/mol. The Balaban J connectivity index is 0. The van der Waals surface area contributed by atoms with Crippen molar-refractivity contribution in [3.63, 3.8) is 0 Å². The Morgan fingerprint density at radius 1 is 1.62 bits per heavy atom. The molecule has 0 saturated heterocycles. The van der Waals surface area contributed by atoms with Crippen LogP contribution in [0.25, 0.3) is 0 Å². The number of nitrogens with two attached hydrogens (primary N) is 1. The number of rotatable bonds is 2. The molecule has 0 aliphatic carbocycles. The quantitative estimate of drug-likeness (QED) is 0.423. The molecule has 0 fully saturated rings. The maximum absolute atomic E-state index is 4.93. The second kappa shape index (κ2) is 9.71. The Morgan fingerprint density at radius 3 is 2.00 bits per heavy atom. The van der Waals surface area contributed by atoms with Crippen LogP contribution in [-0.2, 0) is 0 Å². The molecule has 0 aliphatic rings. The second-order valence-corrected chi connectivity index (χ2v) is 1.10. The van der Waals surface area contributed by atoms with E-state index < -0.39 is 0 Å². The van der Waals surface area contributed by atoms with Crippen LogP contribution < -0.4 is 11.3 Å². The molecule has 0 aromatic rings. The molecular formula is C6H16N2. The maximum atomic E-state index is 4.93. The standard InChI is InChI=1S/C4H10N2.C2H6/c1-3-4(2)6-5;1-2/h6H,2-3,5H2,1H3;1-2H3. The van der Waals surface area contributed by atoms with E-state index in [2.05, 4.69) is 12.0 Å². The summed E-state index contributed by atoms with van der Waals surface area (Å²) in [4.78, 5) is 0. The molecule has 0 amide bonds. The van der Waals surface area contributed by atoms with Crippen molar-refractivity contribution < 1.29 is 0 Å². The predicted octanol–water partition coefficient (Wildman–Crippen LogP) is 1.40. The van der Waals surface area contributed by atoms with Crippen molar-refractivity contribution in [2.75, 3.05) is 0 Å². The Labute approximate surface area is 51.7 Å². The van der Waals surface area contributed by atoms with Gasteiger partial charge in [-0.25, -0.2) is 0 Å². The Hall–Kier alpha value is -0.500. The van der Waals surface area contributed by atoms with Crippen molar-refractivity contribution in [3.8, 4) is 0 Å². The van der Waals surface area contributed by atoms with Crippen molar-refractivity contribution in [1.82, 2.24) is 5.43 Å². The van der Waals surface area contributed by atoms with Gasteiger partial charge in [-0.3, -0.25) is 5.84 Å². The van der Waals surface area contributed by atoms with Crippen LogP contribution in [0, 0.1) is 0 Å². The summed E-state index contributed by atoms with van der Waals surface area (Å²) in [6.45, 7) is 9.54. The predicted molar refractivity (Wildman–Crippen MR) is 38.1 cm³/mol. The van der Waals surface area contributed by atoms with Gasteiger partial charge in [-0.15, -0.1) is 0 Å². The molecule has 2 heteroatoms. The first-order valence-electron chi connectivity index (χ1n) is 2.95. The summed E-state index contributed by atoms with van der Waals surface area (Å²) < 4.78 is 0. The summed E-state index contributed by atoms with van der Waals surface area (Å²) in [5.74, 6) is 4.93. The highest BCUT2D eigenvalue weighted by atomic mass is 15.2.